The molecular formula is C38H74O4. The van der Waals surface area contributed by atoms with Gasteiger partial charge in [0.25, 0.3) is 0 Å². The second kappa shape index (κ2) is 27.5. The van der Waals surface area contributed by atoms with E-state index in [0.717, 1.165) is 44.4 Å². The largest absolute Gasteiger partial charge is 0.481 e. The van der Waals surface area contributed by atoms with E-state index in [9.17, 15) is 14.7 Å². The Morgan fingerprint density at radius 1 is 0.548 bits per heavy atom. The van der Waals surface area contributed by atoms with Gasteiger partial charge in [-0.1, -0.05) is 169 Å². The number of hydrogen-bond donors (Lipinski definition) is 2. The second-order valence-corrected chi connectivity index (χ2v) is 14.0. The SMILES string of the molecule is CCCCC(CC)CCC(C)(CC(CC)CCCC)C(CCCCCCCCCCCCCCCCC(=O)O)C(=O)O. The molecule has 0 spiro atoms. The van der Waals surface area contributed by atoms with Crippen LogP contribution in [0.4, 0.5) is 0 Å². The van der Waals surface area contributed by atoms with Gasteiger partial charge >= 0.3 is 11.9 Å². The average Bonchev–Trinajstić information content (AvgIpc) is 2.96. The number of aliphatic carboxylic acids is 2. The maximum absolute atomic E-state index is 12.7. The lowest BCUT2D eigenvalue weighted by molar-refractivity contribution is -0.148. The van der Waals surface area contributed by atoms with Crippen molar-refractivity contribution in [1.29, 1.82) is 0 Å². The molecule has 250 valence electrons. The van der Waals surface area contributed by atoms with Gasteiger partial charge in [-0.3, -0.25) is 9.59 Å². The van der Waals surface area contributed by atoms with Crippen LogP contribution in [0.5, 0.6) is 0 Å². The first kappa shape index (κ1) is 40.9. The number of hydrogen-bond acceptors (Lipinski definition) is 2. The molecule has 0 heterocycles. The zero-order valence-electron chi connectivity index (χ0n) is 29.0. The molecule has 0 rings (SSSR count). The fourth-order valence-electron chi connectivity index (χ4n) is 7.12. The Kier molecular flexibility index (Phi) is 26.8. The van der Waals surface area contributed by atoms with Crippen molar-refractivity contribution in [2.75, 3.05) is 0 Å². The van der Waals surface area contributed by atoms with Crippen LogP contribution in [0.2, 0.25) is 0 Å². The lowest BCUT2D eigenvalue weighted by Gasteiger charge is -2.39. The molecule has 0 aromatic heterocycles. The smallest absolute Gasteiger partial charge is 0.307 e. The third-order valence-corrected chi connectivity index (χ3v) is 10.2. The highest BCUT2D eigenvalue weighted by Crippen LogP contribution is 2.45. The van der Waals surface area contributed by atoms with Crippen molar-refractivity contribution in [3.8, 4) is 0 Å². The van der Waals surface area contributed by atoms with E-state index < -0.39 is 11.9 Å². The summed E-state index contributed by atoms with van der Waals surface area (Å²) in [4.78, 5) is 23.2. The maximum Gasteiger partial charge on any atom is 0.307 e. The van der Waals surface area contributed by atoms with E-state index in [0.29, 0.717) is 12.3 Å². The Balaban J connectivity index is 4.52. The topological polar surface area (TPSA) is 74.6 Å². The number of unbranched alkanes of at least 4 members (excludes halogenated alkanes) is 15. The highest BCUT2D eigenvalue weighted by molar-refractivity contribution is 5.71. The summed E-state index contributed by atoms with van der Waals surface area (Å²) in [5.41, 5.74) is -0.0989. The van der Waals surface area contributed by atoms with Crippen molar-refractivity contribution in [1.82, 2.24) is 0 Å². The third-order valence-electron chi connectivity index (χ3n) is 10.2. The lowest BCUT2D eigenvalue weighted by atomic mass is 9.65. The van der Waals surface area contributed by atoms with E-state index >= 15 is 0 Å². The van der Waals surface area contributed by atoms with Crippen LogP contribution in [0.25, 0.3) is 0 Å². The molecule has 0 radical (unpaired) electrons. The predicted molar refractivity (Wildman–Crippen MR) is 181 cm³/mol. The van der Waals surface area contributed by atoms with Crippen LogP contribution in [0, 0.1) is 23.2 Å². The molecule has 0 saturated heterocycles. The number of carboxylic acids is 2. The van der Waals surface area contributed by atoms with E-state index in [1.807, 2.05) is 0 Å². The Labute approximate surface area is 262 Å². The molecular weight excluding hydrogens is 520 g/mol. The third kappa shape index (κ3) is 21.6. The van der Waals surface area contributed by atoms with Crippen LogP contribution in [0.3, 0.4) is 0 Å². The molecule has 0 saturated carbocycles. The van der Waals surface area contributed by atoms with Crippen molar-refractivity contribution in [3.05, 3.63) is 0 Å². The molecule has 42 heavy (non-hydrogen) atoms. The van der Waals surface area contributed by atoms with Gasteiger partial charge in [0, 0.05) is 6.42 Å². The van der Waals surface area contributed by atoms with Gasteiger partial charge in [0.15, 0.2) is 0 Å². The molecule has 4 atom stereocenters. The van der Waals surface area contributed by atoms with Gasteiger partial charge in [0.2, 0.25) is 0 Å². The predicted octanol–water partition coefficient (Wildman–Crippen LogP) is 12.6. The van der Waals surface area contributed by atoms with Gasteiger partial charge in [0.1, 0.15) is 0 Å². The van der Waals surface area contributed by atoms with Crippen LogP contribution in [0.1, 0.15) is 208 Å². The zero-order valence-corrected chi connectivity index (χ0v) is 29.0. The number of rotatable bonds is 32. The minimum Gasteiger partial charge on any atom is -0.481 e. The fourth-order valence-corrected chi connectivity index (χ4v) is 7.12. The summed E-state index contributed by atoms with van der Waals surface area (Å²) in [6, 6.07) is 0. The molecule has 0 amide bonds. The van der Waals surface area contributed by atoms with Gasteiger partial charge in [-0.25, -0.2) is 0 Å². The number of carboxylic acid groups (broad SMARTS) is 2. The first-order valence-corrected chi connectivity index (χ1v) is 18.7. The lowest BCUT2D eigenvalue weighted by Crippen LogP contribution is -2.36. The van der Waals surface area contributed by atoms with Crippen molar-refractivity contribution in [3.63, 3.8) is 0 Å². The second-order valence-electron chi connectivity index (χ2n) is 14.0. The Morgan fingerprint density at radius 2 is 0.976 bits per heavy atom. The van der Waals surface area contributed by atoms with Gasteiger partial charge < -0.3 is 10.2 Å². The average molecular weight is 595 g/mol. The van der Waals surface area contributed by atoms with Crippen LogP contribution < -0.4 is 0 Å². The van der Waals surface area contributed by atoms with Gasteiger partial charge in [-0.15, -0.1) is 0 Å². The highest BCUT2D eigenvalue weighted by atomic mass is 16.4. The Bertz CT molecular complexity index is 633. The summed E-state index contributed by atoms with van der Waals surface area (Å²) in [7, 11) is 0. The van der Waals surface area contributed by atoms with E-state index in [2.05, 4.69) is 34.6 Å². The van der Waals surface area contributed by atoms with E-state index in [1.165, 1.54) is 128 Å². The summed E-state index contributed by atoms with van der Waals surface area (Å²) >= 11 is 0. The van der Waals surface area contributed by atoms with Crippen LogP contribution in [0.15, 0.2) is 0 Å². The normalized spacial score (nSPS) is 15.3. The van der Waals surface area contributed by atoms with Crippen molar-refractivity contribution in [2.45, 2.75) is 208 Å². The first-order valence-electron chi connectivity index (χ1n) is 18.7. The molecule has 0 bridgehead atoms. The van der Waals surface area contributed by atoms with Crippen LogP contribution >= 0.6 is 0 Å². The summed E-state index contributed by atoms with van der Waals surface area (Å²) in [6.45, 7) is 11.5. The van der Waals surface area contributed by atoms with Crippen molar-refractivity contribution < 1.29 is 19.8 Å². The molecule has 0 aliphatic rings. The molecule has 4 heteroatoms. The summed E-state index contributed by atoms with van der Waals surface area (Å²) in [5.74, 6) is -0.0470. The standard InChI is InChI=1S/C38H74O4/c1-6-10-26-33(8-3)30-31-38(5,32-34(9-4)27-11-7-2)35(37(41)42)28-24-22-20-18-16-14-12-13-15-17-19-21-23-25-29-36(39)40/h33-35H,6-32H2,1-5H3,(H,39,40)(H,41,42). The molecule has 2 N–H and O–H groups in total. The van der Waals surface area contributed by atoms with E-state index in [-0.39, 0.29) is 11.3 Å². The molecule has 0 fully saturated rings. The van der Waals surface area contributed by atoms with Crippen LogP contribution in [-0.4, -0.2) is 22.2 Å². The highest BCUT2D eigenvalue weighted by Gasteiger charge is 2.40. The van der Waals surface area contributed by atoms with Gasteiger partial charge in [-0.05, 0) is 49.4 Å². The van der Waals surface area contributed by atoms with Crippen molar-refractivity contribution >= 4 is 11.9 Å². The molecule has 4 nitrogen and oxygen atoms in total. The van der Waals surface area contributed by atoms with Crippen LogP contribution in [-0.2, 0) is 9.59 Å². The monoisotopic (exact) mass is 595 g/mol. The zero-order chi connectivity index (χ0) is 31.5. The van der Waals surface area contributed by atoms with Gasteiger partial charge in [-0.2, -0.15) is 0 Å². The first-order chi connectivity index (χ1) is 20.2. The molecule has 0 aromatic carbocycles. The summed E-state index contributed by atoms with van der Waals surface area (Å²) in [5, 5.41) is 19.1. The summed E-state index contributed by atoms with van der Waals surface area (Å²) < 4.78 is 0. The Hall–Kier alpha value is -1.06. The van der Waals surface area contributed by atoms with Gasteiger partial charge in [0.05, 0.1) is 5.92 Å². The fraction of sp³-hybridized carbons (Fsp3) is 0.947. The molecule has 0 aliphatic carbocycles. The molecule has 0 aliphatic heterocycles. The van der Waals surface area contributed by atoms with Crippen molar-refractivity contribution in [2.24, 2.45) is 23.2 Å². The van der Waals surface area contributed by atoms with E-state index in [4.69, 9.17) is 5.11 Å². The summed E-state index contributed by atoms with van der Waals surface area (Å²) in [6.07, 6.45) is 31.4. The minimum atomic E-state index is -0.672. The maximum atomic E-state index is 12.7. The minimum absolute atomic E-state index is 0.0989. The molecule has 4 unspecified atom stereocenters. The Morgan fingerprint density at radius 3 is 1.38 bits per heavy atom. The number of carbonyl (C=O) groups is 2. The molecule has 0 aromatic rings. The quantitative estimate of drug-likeness (QED) is 0.0760. The van der Waals surface area contributed by atoms with E-state index in [1.54, 1.807) is 0 Å².